The molecule has 2 aliphatic heterocycles. The van der Waals surface area contributed by atoms with Gasteiger partial charge in [0.25, 0.3) is 5.91 Å². The Morgan fingerprint density at radius 2 is 2.07 bits per heavy atom. The number of esters is 1. The van der Waals surface area contributed by atoms with Crippen LogP contribution in [0.4, 0.5) is 0 Å². The summed E-state index contributed by atoms with van der Waals surface area (Å²) < 4.78 is 11.2. The number of carbonyl (C=O) groups is 3. The van der Waals surface area contributed by atoms with Crippen LogP contribution in [0.2, 0.25) is 0 Å². The predicted molar refractivity (Wildman–Crippen MR) is 97.1 cm³/mol. The molecule has 27 heavy (non-hydrogen) atoms. The second-order valence-corrected chi connectivity index (χ2v) is 6.94. The standard InChI is InChI=1S/C20H26N2O5/c1-2-17(23)22-13-7-6-10-16(22)19(25)21-20(12-11-18(24)27-20)26-14-15-8-4-3-5-9-15/h3-5,8-9,16H,2,6-7,10-14H2,1H3,(H,21,25). The third kappa shape index (κ3) is 4.66. The normalized spacial score (nSPS) is 25.1. The van der Waals surface area contributed by atoms with Crippen molar-refractivity contribution in [2.24, 2.45) is 0 Å². The quantitative estimate of drug-likeness (QED) is 0.609. The Labute approximate surface area is 159 Å². The fourth-order valence-electron chi connectivity index (χ4n) is 3.53. The SMILES string of the molecule is CCC(=O)N1CCCCC1C(=O)NC1(OCc2ccccc2)CCC(=O)O1. The molecule has 2 heterocycles. The van der Waals surface area contributed by atoms with Gasteiger partial charge in [-0.15, -0.1) is 0 Å². The maximum atomic E-state index is 12.9. The average molecular weight is 374 g/mol. The van der Waals surface area contributed by atoms with Gasteiger partial charge in [-0.1, -0.05) is 37.3 Å². The summed E-state index contributed by atoms with van der Waals surface area (Å²) in [5.74, 6) is -2.26. The molecule has 0 radical (unpaired) electrons. The van der Waals surface area contributed by atoms with Crippen LogP contribution in [0.25, 0.3) is 0 Å². The molecule has 7 nitrogen and oxygen atoms in total. The highest BCUT2D eigenvalue weighted by atomic mass is 16.7. The predicted octanol–water partition coefficient (Wildman–Crippen LogP) is 2.10. The first-order chi connectivity index (χ1) is 13.0. The first kappa shape index (κ1) is 19.4. The van der Waals surface area contributed by atoms with Crippen molar-refractivity contribution in [3.8, 4) is 0 Å². The first-order valence-electron chi connectivity index (χ1n) is 9.54. The lowest BCUT2D eigenvalue weighted by molar-refractivity contribution is -0.233. The van der Waals surface area contributed by atoms with Crippen LogP contribution in [0, 0.1) is 0 Å². The van der Waals surface area contributed by atoms with Gasteiger partial charge in [0.05, 0.1) is 13.0 Å². The van der Waals surface area contributed by atoms with E-state index in [4.69, 9.17) is 9.47 Å². The van der Waals surface area contributed by atoms with E-state index in [0.717, 1.165) is 18.4 Å². The van der Waals surface area contributed by atoms with E-state index in [-0.39, 0.29) is 31.3 Å². The zero-order chi connectivity index (χ0) is 19.3. The molecule has 0 aromatic heterocycles. The highest BCUT2D eigenvalue weighted by molar-refractivity contribution is 5.88. The molecule has 2 aliphatic rings. The summed E-state index contributed by atoms with van der Waals surface area (Å²) in [6, 6.07) is 8.92. The minimum Gasteiger partial charge on any atom is -0.414 e. The summed E-state index contributed by atoms with van der Waals surface area (Å²) in [6.07, 6.45) is 3.15. The van der Waals surface area contributed by atoms with Crippen LogP contribution in [0.1, 0.15) is 51.0 Å². The average Bonchev–Trinajstić information content (AvgIpc) is 3.07. The molecule has 2 atom stereocenters. The summed E-state index contributed by atoms with van der Waals surface area (Å²) in [5.41, 5.74) is 0.912. The second-order valence-electron chi connectivity index (χ2n) is 6.94. The molecule has 3 rings (SSSR count). The Morgan fingerprint density at radius 1 is 1.30 bits per heavy atom. The molecular formula is C20H26N2O5. The second kappa shape index (κ2) is 8.52. The highest BCUT2D eigenvalue weighted by Gasteiger charge is 2.45. The molecule has 1 aromatic carbocycles. The van der Waals surface area contributed by atoms with E-state index in [0.29, 0.717) is 19.4 Å². The van der Waals surface area contributed by atoms with E-state index in [9.17, 15) is 14.4 Å². The number of piperidine rings is 1. The molecular weight excluding hydrogens is 348 g/mol. The Bertz CT molecular complexity index is 693. The van der Waals surface area contributed by atoms with Gasteiger partial charge >= 0.3 is 5.97 Å². The van der Waals surface area contributed by atoms with Crippen LogP contribution in [-0.2, 0) is 30.5 Å². The van der Waals surface area contributed by atoms with Crippen molar-refractivity contribution in [2.75, 3.05) is 6.54 Å². The molecule has 0 saturated carbocycles. The van der Waals surface area contributed by atoms with Crippen LogP contribution in [0.3, 0.4) is 0 Å². The highest BCUT2D eigenvalue weighted by Crippen LogP contribution is 2.28. The Hall–Kier alpha value is -2.41. The minimum atomic E-state index is -1.47. The summed E-state index contributed by atoms with van der Waals surface area (Å²) in [6.45, 7) is 2.56. The summed E-state index contributed by atoms with van der Waals surface area (Å²) >= 11 is 0. The fourth-order valence-corrected chi connectivity index (χ4v) is 3.53. The maximum Gasteiger partial charge on any atom is 0.309 e. The van der Waals surface area contributed by atoms with Crippen LogP contribution in [0.15, 0.2) is 30.3 Å². The van der Waals surface area contributed by atoms with Crippen molar-refractivity contribution >= 4 is 17.8 Å². The number of benzene rings is 1. The molecule has 1 N–H and O–H groups in total. The topological polar surface area (TPSA) is 84.9 Å². The molecule has 2 saturated heterocycles. The molecule has 146 valence electrons. The number of nitrogens with one attached hydrogen (secondary N) is 1. The van der Waals surface area contributed by atoms with Crippen molar-refractivity contribution in [3.63, 3.8) is 0 Å². The number of carbonyl (C=O) groups excluding carboxylic acids is 3. The van der Waals surface area contributed by atoms with Gasteiger partial charge in [-0.05, 0) is 24.8 Å². The Kier molecular flexibility index (Phi) is 6.11. The molecule has 0 aliphatic carbocycles. The number of hydrogen-bond donors (Lipinski definition) is 1. The van der Waals surface area contributed by atoms with Crippen molar-refractivity contribution in [1.29, 1.82) is 0 Å². The van der Waals surface area contributed by atoms with Gasteiger partial charge in [0.1, 0.15) is 6.04 Å². The van der Waals surface area contributed by atoms with Crippen LogP contribution >= 0.6 is 0 Å². The third-order valence-corrected chi connectivity index (χ3v) is 4.99. The van der Waals surface area contributed by atoms with Crippen LogP contribution in [-0.4, -0.2) is 41.2 Å². The maximum absolute atomic E-state index is 12.9. The number of ether oxygens (including phenoxy) is 2. The van der Waals surface area contributed by atoms with Gasteiger partial charge in [-0.2, -0.15) is 0 Å². The molecule has 7 heteroatoms. The van der Waals surface area contributed by atoms with E-state index >= 15 is 0 Å². The van der Waals surface area contributed by atoms with Crippen molar-refractivity contribution in [2.45, 2.75) is 64.0 Å². The van der Waals surface area contributed by atoms with Crippen molar-refractivity contribution in [1.82, 2.24) is 10.2 Å². The van der Waals surface area contributed by atoms with Crippen LogP contribution in [0.5, 0.6) is 0 Å². The first-order valence-corrected chi connectivity index (χ1v) is 9.54. The largest absolute Gasteiger partial charge is 0.414 e. The van der Waals surface area contributed by atoms with E-state index in [2.05, 4.69) is 5.32 Å². The smallest absolute Gasteiger partial charge is 0.309 e. The zero-order valence-electron chi connectivity index (χ0n) is 15.6. The lowest BCUT2D eigenvalue weighted by atomic mass is 10.0. The molecule has 1 aromatic rings. The van der Waals surface area contributed by atoms with Gasteiger partial charge in [0.2, 0.25) is 11.8 Å². The minimum absolute atomic E-state index is 0.0440. The van der Waals surface area contributed by atoms with Crippen molar-refractivity contribution in [3.05, 3.63) is 35.9 Å². The number of hydrogen-bond acceptors (Lipinski definition) is 5. The molecule has 2 unspecified atom stereocenters. The molecule has 0 spiro atoms. The lowest BCUT2D eigenvalue weighted by Gasteiger charge is -2.37. The molecule has 2 amide bonds. The number of cyclic esters (lactones) is 1. The van der Waals surface area contributed by atoms with Crippen molar-refractivity contribution < 1.29 is 23.9 Å². The monoisotopic (exact) mass is 374 g/mol. The number of likely N-dealkylation sites (tertiary alicyclic amines) is 1. The summed E-state index contributed by atoms with van der Waals surface area (Å²) in [4.78, 5) is 38.5. The van der Waals surface area contributed by atoms with Gasteiger partial charge in [-0.25, -0.2) is 0 Å². The van der Waals surface area contributed by atoms with E-state index < -0.39 is 17.9 Å². The van der Waals surface area contributed by atoms with Gasteiger partial charge in [0.15, 0.2) is 0 Å². The van der Waals surface area contributed by atoms with Gasteiger partial charge in [-0.3, -0.25) is 19.7 Å². The van der Waals surface area contributed by atoms with E-state index in [1.54, 1.807) is 11.8 Å². The lowest BCUT2D eigenvalue weighted by Crippen LogP contribution is -2.58. The number of nitrogens with zero attached hydrogens (tertiary/aromatic N) is 1. The Balaban J connectivity index is 1.70. The van der Waals surface area contributed by atoms with Gasteiger partial charge in [0, 0.05) is 19.4 Å². The number of rotatable bonds is 6. The Morgan fingerprint density at radius 3 is 2.74 bits per heavy atom. The van der Waals surface area contributed by atoms with E-state index in [1.807, 2.05) is 30.3 Å². The summed E-state index contributed by atoms with van der Waals surface area (Å²) in [5, 5.41) is 2.77. The fraction of sp³-hybridized carbons (Fsp3) is 0.550. The summed E-state index contributed by atoms with van der Waals surface area (Å²) in [7, 11) is 0. The third-order valence-electron chi connectivity index (χ3n) is 4.99. The molecule has 2 fully saturated rings. The van der Waals surface area contributed by atoms with Crippen LogP contribution < -0.4 is 5.32 Å². The van der Waals surface area contributed by atoms with E-state index in [1.165, 1.54) is 0 Å². The van der Waals surface area contributed by atoms with Gasteiger partial charge < -0.3 is 14.4 Å². The zero-order valence-corrected chi connectivity index (χ0v) is 15.6. The number of amides is 2. The molecule has 0 bridgehead atoms.